The number of ether oxygens (including phenoxy) is 1. The van der Waals surface area contributed by atoms with Gasteiger partial charge in [0, 0.05) is 13.2 Å². The van der Waals surface area contributed by atoms with Crippen molar-refractivity contribution in [1.29, 1.82) is 0 Å². The lowest BCUT2D eigenvalue weighted by Gasteiger charge is -2.09. The SMILES string of the molecule is CCCCCCCCCCCCOOC(=O)C(C=O)CCOCC. The molecule has 0 radical (unpaired) electrons. The van der Waals surface area contributed by atoms with Crippen LogP contribution in [0.25, 0.3) is 0 Å². The summed E-state index contributed by atoms with van der Waals surface area (Å²) in [6.45, 7) is 5.42. The average molecular weight is 344 g/mol. The van der Waals surface area contributed by atoms with Crippen molar-refractivity contribution in [3.05, 3.63) is 0 Å². The van der Waals surface area contributed by atoms with Gasteiger partial charge in [0.25, 0.3) is 0 Å². The summed E-state index contributed by atoms with van der Waals surface area (Å²) in [5, 5.41) is 0. The largest absolute Gasteiger partial charge is 0.382 e. The zero-order chi connectivity index (χ0) is 17.9. The van der Waals surface area contributed by atoms with Gasteiger partial charge in [0.15, 0.2) is 0 Å². The van der Waals surface area contributed by atoms with Crippen molar-refractivity contribution in [2.24, 2.45) is 5.92 Å². The standard InChI is InChI=1S/C19H36O5/c1-3-5-6-7-8-9-10-11-12-13-15-23-24-19(21)18(17-20)14-16-22-4-2/h17-18H,3-16H2,1-2H3. The number of carbonyl (C=O) groups is 2. The summed E-state index contributed by atoms with van der Waals surface area (Å²) in [7, 11) is 0. The van der Waals surface area contributed by atoms with Crippen LogP contribution in [0.5, 0.6) is 0 Å². The third kappa shape index (κ3) is 14.6. The van der Waals surface area contributed by atoms with Gasteiger partial charge < -0.3 is 9.53 Å². The number of rotatable bonds is 18. The van der Waals surface area contributed by atoms with Crippen LogP contribution in [-0.4, -0.2) is 32.1 Å². The molecule has 0 aliphatic heterocycles. The molecule has 0 heterocycles. The Morgan fingerprint density at radius 3 is 2.00 bits per heavy atom. The highest BCUT2D eigenvalue weighted by molar-refractivity contribution is 5.87. The highest BCUT2D eigenvalue weighted by Crippen LogP contribution is 2.10. The summed E-state index contributed by atoms with van der Waals surface area (Å²) in [6, 6.07) is 0. The first-order valence-electron chi connectivity index (χ1n) is 9.62. The number of unbranched alkanes of at least 4 members (excludes halogenated alkanes) is 9. The van der Waals surface area contributed by atoms with E-state index in [1.807, 2.05) is 6.92 Å². The number of hydrogen-bond donors (Lipinski definition) is 0. The lowest BCUT2D eigenvalue weighted by molar-refractivity contribution is -0.275. The third-order valence-corrected chi connectivity index (χ3v) is 3.97. The smallest absolute Gasteiger partial charge is 0.352 e. The predicted molar refractivity (Wildman–Crippen MR) is 94.6 cm³/mol. The Labute approximate surface area is 147 Å². The van der Waals surface area contributed by atoms with Crippen LogP contribution in [0.1, 0.15) is 84.5 Å². The van der Waals surface area contributed by atoms with E-state index in [9.17, 15) is 9.59 Å². The first-order valence-corrected chi connectivity index (χ1v) is 9.62. The van der Waals surface area contributed by atoms with Crippen LogP contribution in [0.3, 0.4) is 0 Å². The third-order valence-electron chi connectivity index (χ3n) is 3.97. The van der Waals surface area contributed by atoms with Gasteiger partial charge in [-0.15, -0.1) is 0 Å². The second-order valence-corrected chi connectivity index (χ2v) is 6.13. The molecular weight excluding hydrogens is 308 g/mol. The highest BCUT2D eigenvalue weighted by atomic mass is 17.2. The second-order valence-electron chi connectivity index (χ2n) is 6.13. The minimum absolute atomic E-state index is 0.331. The van der Waals surface area contributed by atoms with Crippen LogP contribution in [-0.2, 0) is 24.1 Å². The van der Waals surface area contributed by atoms with E-state index in [4.69, 9.17) is 9.62 Å². The van der Waals surface area contributed by atoms with Crippen molar-refractivity contribution in [3.63, 3.8) is 0 Å². The van der Waals surface area contributed by atoms with Gasteiger partial charge in [-0.05, 0) is 19.8 Å². The quantitative estimate of drug-likeness (QED) is 0.119. The van der Waals surface area contributed by atoms with Gasteiger partial charge in [-0.25, -0.2) is 4.79 Å². The molecule has 1 unspecified atom stereocenters. The Morgan fingerprint density at radius 1 is 0.875 bits per heavy atom. The Hall–Kier alpha value is -0.940. The Balaban J connectivity index is 3.39. The van der Waals surface area contributed by atoms with Crippen molar-refractivity contribution in [2.45, 2.75) is 84.5 Å². The molecule has 0 aromatic heterocycles. The fraction of sp³-hybridized carbons (Fsp3) is 0.895. The average Bonchev–Trinajstić information content (AvgIpc) is 2.59. The van der Waals surface area contributed by atoms with E-state index in [-0.39, 0.29) is 0 Å². The summed E-state index contributed by atoms with van der Waals surface area (Å²) in [4.78, 5) is 32.1. The molecule has 5 nitrogen and oxygen atoms in total. The minimum atomic E-state index is -0.802. The number of carbonyl (C=O) groups excluding carboxylic acids is 2. The van der Waals surface area contributed by atoms with Crippen LogP contribution in [0, 0.1) is 5.92 Å². The second kappa shape index (κ2) is 18.4. The summed E-state index contributed by atoms with van der Waals surface area (Å²) in [5.41, 5.74) is 0. The number of hydrogen-bond acceptors (Lipinski definition) is 5. The highest BCUT2D eigenvalue weighted by Gasteiger charge is 2.20. The zero-order valence-electron chi connectivity index (χ0n) is 15.6. The Morgan fingerprint density at radius 2 is 1.46 bits per heavy atom. The molecule has 0 rings (SSSR count). The molecule has 5 heteroatoms. The van der Waals surface area contributed by atoms with Gasteiger partial charge in [0.2, 0.25) is 0 Å². The van der Waals surface area contributed by atoms with E-state index in [1.54, 1.807) is 0 Å². The van der Waals surface area contributed by atoms with Gasteiger partial charge in [0.05, 0.1) is 6.61 Å². The molecule has 0 N–H and O–H groups in total. The fourth-order valence-electron chi connectivity index (χ4n) is 2.41. The van der Waals surface area contributed by atoms with Gasteiger partial charge >= 0.3 is 5.97 Å². The van der Waals surface area contributed by atoms with Crippen LogP contribution >= 0.6 is 0 Å². The topological polar surface area (TPSA) is 61.8 Å². The summed E-state index contributed by atoms with van der Waals surface area (Å²) in [6.07, 6.45) is 13.3. The molecule has 0 spiro atoms. The molecule has 0 aliphatic carbocycles. The van der Waals surface area contributed by atoms with Crippen molar-refractivity contribution >= 4 is 12.3 Å². The molecule has 0 aromatic carbocycles. The van der Waals surface area contributed by atoms with Crippen molar-refractivity contribution in [3.8, 4) is 0 Å². The zero-order valence-corrected chi connectivity index (χ0v) is 15.6. The molecule has 0 aliphatic rings. The van der Waals surface area contributed by atoms with Crippen LogP contribution in [0.4, 0.5) is 0 Å². The van der Waals surface area contributed by atoms with Crippen LogP contribution in [0.2, 0.25) is 0 Å². The van der Waals surface area contributed by atoms with E-state index >= 15 is 0 Å². The molecule has 0 saturated carbocycles. The molecule has 0 amide bonds. The summed E-state index contributed by atoms with van der Waals surface area (Å²) >= 11 is 0. The predicted octanol–water partition coefficient (Wildman–Crippen LogP) is 4.62. The van der Waals surface area contributed by atoms with E-state index in [0.29, 0.717) is 32.5 Å². The molecule has 0 bridgehead atoms. The van der Waals surface area contributed by atoms with Crippen molar-refractivity contribution in [2.75, 3.05) is 19.8 Å². The maximum atomic E-state index is 11.6. The molecule has 24 heavy (non-hydrogen) atoms. The lowest BCUT2D eigenvalue weighted by atomic mass is 10.1. The van der Waals surface area contributed by atoms with Crippen LogP contribution < -0.4 is 0 Å². The molecular formula is C19H36O5. The minimum Gasteiger partial charge on any atom is -0.382 e. The van der Waals surface area contributed by atoms with E-state index in [1.165, 1.54) is 51.4 Å². The van der Waals surface area contributed by atoms with Gasteiger partial charge in [-0.3, -0.25) is 4.89 Å². The van der Waals surface area contributed by atoms with Gasteiger partial charge in [-0.2, -0.15) is 4.89 Å². The van der Waals surface area contributed by atoms with Crippen molar-refractivity contribution < 1.29 is 24.1 Å². The maximum absolute atomic E-state index is 11.6. The maximum Gasteiger partial charge on any atom is 0.352 e. The molecule has 142 valence electrons. The number of aldehydes is 1. The van der Waals surface area contributed by atoms with E-state index in [0.717, 1.165) is 12.8 Å². The Kier molecular flexibility index (Phi) is 17.7. The fourth-order valence-corrected chi connectivity index (χ4v) is 2.41. The first-order chi connectivity index (χ1) is 11.8. The summed E-state index contributed by atoms with van der Waals surface area (Å²) in [5.74, 6) is -1.43. The van der Waals surface area contributed by atoms with Gasteiger partial charge in [-0.1, -0.05) is 64.7 Å². The monoisotopic (exact) mass is 344 g/mol. The van der Waals surface area contributed by atoms with Gasteiger partial charge in [0.1, 0.15) is 12.2 Å². The normalized spacial score (nSPS) is 12.1. The molecule has 0 aromatic rings. The lowest BCUT2D eigenvalue weighted by Crippen LogP contribution is -2.21. The first kappa shape index (κ1) is 23.1. The summed E-state index contributed by atoms with van der Waals surface area (Å²) < 4.78 is 5.13. The Bertz CT molecular complexity index is 293. The molecule has 0 saturated heterocycles. The van der Waals surface area contributed by atoms with E-state index < -0.39 is 11.9 Å². The van der Waals surface area contributed by atoms with E-state index in [2.05, 4.69) is 11.8 Å². The van der Waals surface area contributed by atoms with Crippen LogP contribution in [0.15, 0.2) is 0 Å². The molecule has 1 atom stereocenters. The molecule has 0 fully saturated rings. The van der Waals surface area contributed by atoms with Crippen molar-refractivity contribution in [1.82, 2.24) is 0 Å².